The number of ketones is 2. The van der Waals surface area contributed by atoms with Crippen molar-refractivity contribution in [3.8, 4) is 0 Å². The highest BCUT2D eigenvalue weighted by molar-refractivity contribution is 6.08. The average Bonchev–Trinajstić information content (AvgIpc) is 2.30. The number of carbonyl (C=O) groups is 2. The van der Waals surface area contributed by atoms with Crippen LogP contribution in [0.25, 0.3) is 0 Å². The number of hydrogen-bond acceptors (Lipinski definition) is 2. The van der Waals surface area contributed by atoms with Gasteiger partial charge in [-0.1, -0.05) is 25.5 Å². The highest BCUT2D eigenvalue weighted by Crippen LogP contribution is 2.12. The number of benzene rings is 1. The summed E-state index contributed by atoms with van der Waals surface area (Å²) in [7, 11) is 0. The van der Waals surface area contributed by atoms with Crippen molar-refractivity contribution in [3.63, 3.8) is 0 Å². The molecule has 0 bridgehead atoms. The molecule has 2 heteroatoms. The summed E-state index contributed by atoms with van der Waals surface area (Å²) in [6.45, 7) is 6.03. The number of carbonyl (C=O) groups excluding carboxylic acids is 2. The minimum atomic E-state index is -0.0609. The molecule has 0 unspecified atom stereocenters. The Balaban J connectivity index is 2.63. The Morgan fingerprint density at radius 3 is 2.41 bits per heavy atom. The Morgan fingerprint density at radius 2 is 1.82 bits per heavy atom. The third-order valence-electron chi connectivity index (χ3n) is 3.00. The second-order valence-electron chi connectivity index (χ2n) is 4.54. The van der Waals surface area contributed by atoms with Crippen molar-refractivity contribution in [2.45, 2.75) is 46.5 Å². The second kappa shape index (κ2) is 6.33. The van der Waals surface area contributed by atoms with Gasteiger partial charge >= 0.3 is 0 Å². The molecule has 1 rings (SSSR count). The molecular formula is C15H20O2. The molecule has 0 aliphatic rings. The van der Waals surface area contributed by atoms with Gasteiger partial charge in [-0.05, 0) is 37.5 Å². The smallest absolute Gasteiger partial charge is 0.170 e. The van der Waals surface area contributed by atoms with Crippen LogP contribution in [-0.2, 0) is 4.79 Å². The molecule has 0 saturated carbocycles. The summed E-state index contributed by atoms with van der Waals surface area (Å²) in [6.07, 6.45) is 2.43. The van der Waals surface area contributed by atoms with Crippen LogP contribution in [0, 0.1) is 13.8 Å². The molecule has 0 radical (unpaired) electrons. The topological polar surface area (TPSA) is 34.1 Å². The largest absolute Gasteiger partial charge is 0.299 e. The maximum atomic E-state index is 11.9. The molecule has 92 valence electrons. The van der Waals surface area contributed by atoms with Crippen LogP contribution in [0.15, 0.2) is 18.2 Å². The van der Waals surface area contributed by atoms with E-state index in [0.29, 0.717) is 12.0 Å². The summed E-state index contributed by atoms with van der Waals surface area (Å²) < 4.78 is 0. The molecule has 1 aromatic carbocycles. The van der Waals surface area contributed by atoms with Gasteiger partial charge in [-0.2, -0.15) is 0 Å². The molecule has 0 N–H and O–H groups in total. The van der Waals surface area contributed by atoms with Crippen molar-refractivity contribution < 1.29 is 9.59 Å². The lowest BCUT2D eigenvalue weighted by Gasteiger charge is -2.04. The summed E-state index contributed by atoms with van der Waals surface area (Å²) in [5, 5.41) is 0. The van der Waals surface area contributed by atoms with Crippen molar-refractivity contribution in [3.05, 3.63) is 34.9 Å². The van der Waals surface area contributed by atoms with E-state index in [1.54, 1.807) is 6.07 Å². The first-order chi connectivity index (χ1) is 8.04. The van der Waals surface area contributed by atoms with E-state index < -0.39 is 0 Å². The zero-order valence-corrected chi connectivity index (χ0v) is 10.9. The fourth-order valence-corrected chi connectivity index (χ4v) is 1.66. The summed E-state index contributed by atoms with van der Waals surface area (Å²) in [6, 6.07) is 5.60. The van der Waals surface area contributed by atoms with E-state index in [0.717, 1.165) is 18.4 Å². The van der Waals surface area contributed by atoms with Gasteiger partial charge in [-0.25, -0.2) is 0 Å². The molecule has 2 nitrogen and oxygen atoms in total. The van der Waals surface area contributed by atoms with Gasteiger partial charge in [0.25, 0.3) is 0 Å². The van der Waals surface area contributed by atoms with Gasteiger partial charge < -0.3 is 0 Å². The summed E-state index contributed by atoms with van der Waals surface area (Å²) >= 11 is 0. The van der Waals surface area contributed by atoms with Crippen LogP contribution < -0.4 is 0 Å². The fraction of sp³-hybridized carbons (Fsp3) is 0.467. The molecule has 0 heterocycles. The minimum Gasteiger partial charge on any atom is -0.299 e. The zero-order chi connectivity index (χ0) is 12.8. The molecule has 0 saturated heterocycles. The number of hydrogen-bond donors (Lipinski definition) is 0. The number of Topliss-reactive ketones (excluding diaryl/α,β-unsaturated/α-hetero) is 2. The first kappa shape index (κ1) is 13.6. The van der Waals surface area contributed by atoms with E-state index >= 15 is 0 Å². The maximum absolute atomic E-state index is 11.9. The van der Waals surface area contributed by atoms with Crippen molar-refractivity contribution in [2.24, 2.45) is 0 Å². The van der Waals surface area contributed by atoms with Crippen molar-refractivity contribution in [2.75, 3.05) is 0 Å². The second-order valence-corrected chi connectivity index (χ2v) is 4.54. The van der Waals surface area contributed by atoms with Crippen LogP contribution >= 0.6 is 0 Å². The quantitative estimate of drug-likeness (QED) is 0.554. The third kappa shape index (κ3) is 4.14. The molecular weight excluding hydrogens is 212 g/mol. The number of rotatable bonds is 6. The molecule has 0 atom stereocenters. The van der Waals surface area contributed by atoms with Crippen LogP contribution in [0.2, 0.25) is 0 Å². The first-order valence-electron chi connectivity index (χ1n) is 6.16. The van der Waals surface area contributed by atoms with E-state index in [9.17, 15) is 9.59 Å². The van der Waals surface area contributed by atoms with Gasteiger partial charge in [-0.3, -0.25) is 9.59 Å². The average molecular weight is 232 g/mol. The number of aryl methyl sites for hydroxylation is 2. The summed E-state index contributed by atoms with van der Waals surface area (Å²) in [4.78, 5) is 23.4. The Morgan fingerprint density at radius 1 is 1.12 bits per heavy atom. The summed E-state index contributed by atoms with van der Waals surface area (Å²) in [5.41, 5.74) is 2.91. The molecule has 0 aliphatic carbocycles. The van der Waals surface area contributed by atoms with Gasteiger partial charge in [0.15, 0.2) is 5.78 Å². The van der Waals surface area contributed by atoms with Crippen LogP contribution in [0.1, 0.15) is 54.1 Å². The summed E-state index contributed by atoms with van der Waals surface area (Å²) in [5.74, 6) is -0.00992. The minimum absolute atomic E-state index is 0.0441. The van der Waals surface area contributed by atoms with Crippen LogP contribution in [0.4, 0.5) is 0 Å². The van der Waals surface area contributed by atoms with Crippen molar-refractivity contribution in [1.29, 1.82) is 0 Å². The standard InChI is InChI=1S/C15H20O2/c1-4-5-6-14(16)10-15(17)13-8-7-11(2)12(3)9-13/h7-9H,4-6,10H2,1-3H3. The lowest BCUT2D eigenvalue weighted by Crippen LogP contribution is -2.08. The molecule has 0 spiro atoms. The Hall–Kier alpha value is -1.44. The fourth-order valence-electron chi connectivity index (χ4n) is 1.66. The van der Waals surface area contributed by atoms with Gasteiger partial charge in [0.2, 0.25) is 0 Å². The maximum Gasteiger partial charge on any atom is 0.170 e. The molecule has 0 aliphatic heterocycles. The predicted octanol–water partition coefficient (Wildman–Crippen LogP) is 3.64. The van der Waals surface area contributed by atoms with E-state index in [4.69, 9.17) is 0 Å². The molecule has 17 heavy (non-hydrogen) atoms. The van der Waals surface area contributed by atoms with Gasteiger partial charge in [-0.15, -0.1) is 0 Å². The van der Waals surface area contributed by atoms with E-state index in [2.05, 4.69) is 0 Å². The number of unbranched alkanes of at least 4 members (excludes halogenated alkanes) is 1. The Bertz CT molecular complexity index is 419. The van der Waals surface area contributed by atoms with Crippen molar-refractivity contribution >= 4 is 11.6 Å². The van der Waals surface area contributed by atoms with E-state index in [1.165, 1.54) is 5.56 Å². The SMILES string of the molecule is CCCCC(=O)CC(=O)c1ccc(C)c(C)c1. The molecule has 1 aromatic rings. The van der Waals surface area contributed by atoms with Crippen LogP contribution in [0.3, 0.4) is 0 Å². The first-order valence-corrected chi connectivity index (χ1v) is 6.16. The third-order valence-corrected chi connectivity index (χ3v) is 3.00. The Labute approximate surface area is 103 Å². The highest BCUT2D eigenvalue weighted by atomic mass is 16.1. The lowest BCUT2D eigenvalue weighted by atomic mass is 9.99. The monoisotopic (exact) mass is 232 g/mol. The van der Waals surface area contributed by atoms with Crippen LogP contribution in [0.5, 0.6) is 0 Å². The van der Waals surface area contributed by atoms with Gasteiger partial charge in [0.05, 0.1) is 6.42 Å². The predicted molar refractivity (Wildman–Crippen MR) is 69.4 cm³/mol. The molecule has 0 aromatic heterocycles. The van der Waals surface area contributed by atoms with Crippen molar-refractivity contribution in [1.82, 2.24) is 0 Å². The zero-order valence-electron chi connectivity index (χ0n) is 10.9. The molecule has 0 fully saturated rings. The van der Waals surface area contributed by atoms with Gasteiger partial charge in [0, 0.05) is 12.0 Å². The lowest BCUT2D eigenvalue weighted by molar-refractivity contribution is -0.118. The molecule has 0 amide bonds. The van der Waals surface area contributed by atoms with E-state index in [-0.39, 0.29) is 18.0 Å². The van der Waals surface area contributed by atoms with Crippen LogP contribution in [-0.4, -0.2) is 11.6 Å². The van der Waals surface area contributed by atoms with E-state index in [1.807, 2.05) is 32.9 Å². The van der Waals surface area contributed by atoms with Gasteiger partial charge in [0.1, 0.15) is 5.78 Å². The normalized spacial score (nSPS) is 10.3. The highest BCUT2D eigenvalue weighted by Gasteiger charge is 2.11. The Kier molecular flexibility index (Phi) is 5.08.